The molecule has 1 saturated carbocycles. The summed E-state index contributed by atoms with van der Waals surface area (Å²) in [6, 6.07) is 8.22. The molecule has 10 heteroatoms. The first-order chi connectivity index (χ1) is 20.0. The smallest absolute Gasteiger partial charge is 0.338 e. The molecule has 43 heavy (non-hydrogen) atoms. The Morgan fingerprint density at radius 1 is 0.860 bits per heavy atom. The normalized spacial score (nSPS) is 31.5. The molecule has 7 atom stereocenters. The lowest BCUT2D eigenvalue weighted by Crippen LogP contribution is -2.56. The molecule has 0 amide bonds. The molecule has 3 rings (SSSR count). The minimum absolute atomic E-state index is 0.0399. The van der Waals surface area contributed by atoms with Gasteiger partial charge in [0.25, 0.3) is 0 Å². The van der Waals surface area contributed by atoms with E-state index >= 15 is 0 Å². The molecule has 7 unspecified atom stereocenters. The SMILES string of the molecule is C=C1CC(OC(C)=O)C(=O)C(C)(C)/C=C\C(C)C(=O)C2(OC(C)=O)CC(C)C(OC(=O)c3ccccc3)C2C1OC(C)=O. The molecule has 1 fully saturated rings. The molecule has 0 aromatic heterocycles. The molecule has 1 aromatic carbocycles. The van der Waals surface area contributed by atoms with E-state index in [2.05, 4.69) is 6.58 Å². The van der Waals surface area contributed by atoms with E-state index in [1.807, 2.05) is 0 Å². The van der Waals surface area contributed by atoms with Gasteiger partial charge in [0, 0.05) is 44.9 Å². The molecule has 0 radical (unpaired) electrons. The second-order valence-corrected chi connectivity index (χ2v) is 12.0. The van der Waals surface area contributed by atoms with E-state index in [9.17, 15) is 28.8 Å². The van der Waals surface area contributed by atoms with Gasteiger partial charge in [-0.1, -0.05) is 50.8 Å². The van der Waals surface area contributed by atoms with Gasteiger partial charge in [-0.05, 0) is 37.5 Å². The fourth-order valence-corrected chi connectivity index (χ4v) is 6.09. The van der Waals surface area contributed by atoms with E-state index in [1.165, 1.54) is 6.92 Å². The summed E-state index contributed by atoms with van der Waals surface area (Å²) >= 11 is 0. The number of hydrogen-bond donors (Lipinski definition) is 0. The third-order valence-electron chi connectivity index (χ3n) is 7.99. The van der Waals surface area contributed by atoms with E-state index in [4.69, 9.17) is 18.9 Å². The second-order valence-electron chi connectivity index (χ2n) is 12.0. The fraction of sp³-hybridized carbons (Fsp3) is 0.515. The molecule has 10 nitrogen and oxygen atoms in total. The quantitative estimate of drug-likeness (QED) is 0.274. The van der Waals surface area contributed by atoms with Crippen molar-refractivity contribution >= 4 is 35.4 Å². The van der Waals surface area contributed by atoms with E-state index in [1.54, 1.807) is 70.2 Å². The average Bonchev–Trinajstić information content (AvgIpc) is 3.18. The molecule has 1 aromatic rings. The topological polar surface area (TPSA) is 139 Å². The van der Waals surface area contributed by atoms with Crippen LogP contribution in [-0.2, 0) is 42.9 Å². The molecule has 0 spiro atoms. The van der Waals surface area contributed by atoms with Crippen LogP contribution in [0.25, 0.3) is 0 Å². The van der Waals surface area contributed by atoms with Crippen molar-refractivity contribution in [1.82, 2.24) is 0 Å². The number of ether oxygens (including phenoxy) is 4. The highest BCUT2D eigenvalue weighted by atomic mass is 16.6. The lowest BCUT2D eigenvalue weighted by molar-refractivity contribution is -0.182. The van der Waals surface area contributed by atoms with Crippen molar-refractivity contribution in [3.63, 3.8) is 0 Å². The van der Waals surface area contributed by atoms with Crippen molar-refractivity contribution in [2.24, 2.45) is 23.2 Å². The van der Waals surface area contributed by atoms with Crippen LogP contribution in [0.3, 0.4) is 0 Å². The van der Waals surface area contributed by atoms with E-state index in [-0.39, 0.29) is 24.0 Å². The van der Waals surface area contributed by atoms with Crippen LogP contribution in [0.4, 0.5) is 0 Å². The van der Waals surface area contributed by atoms with Gasteiger partial charge in [-0.15, -0.1) is 0 Å². The highest BCUT2D eigenvalue weighted by molar-refractivity contribution is 5.95. The summed E-state index contributed by atoms with van der Waals surface area (Å²) in [6.45, 7) is 14.2. The number of esters is 4. The maximum Gasteiger partial charge on any atom is 0.338 e. The summed E-state index contributed by atoms with van der Waals surface area (Å²) < 4.78 is 23.1. The summed E-state index contributed by atoms with van der Waals surface area (Å²) in [7, 11) is 0. The van der Waals surface area contributed by atoms with Crippen LogP contribution < -0.4 is 0 Å². The first kappa shape index (κ1) is 33.4. The Morgan fingerprint density at radius 2 is 1.47 bits per heavy atom. The number of Topliss-reactive ketones (excluding diaryl/α,β-unsaturated/α-hetero) is 2. The molecule has 0 bridgehead atoms. The molecular formula is C33H40O10. The minimum Gasteiger partial charge on any atom is -0.458 e. The number of carbonyl (C=O) groups excluding carboxylic acids is 6. The van der Waals surface area contributed by atoms with Crippen LogP contribution >= 0.6 is 0 Å². The van der Waals surface area contributed by atoms with Gasteiger partial charge in [-0.2, -0.15) is 0 Å². The summed E-state index contributed by atoms with van der Waals surface area (Å²) in [5.74, 6) is -6.55. The first-order valence-electron chi connectivity index (χ1n) is 14.3. The number of benzene rings is 1. The standard InChI is InChI=1S/C33H40O10/c1-18-14-15-32(7,8)30(38)25(40-21(4)34)16-19(2)27(41-22(5)35)26-28(42-31(39)24-12-10-9-11-13-24)20(3)17-33(26,29(18)37)43-23(6)36/h9-15,18,20,25-28H,2,16-17H2,1,3-8H3/b15-14-. The van der Waals surface area contributed by atoms with Gasteiger partial charge < -0.3 is 18.9 Å². The molecule has 232 valence electrons. The van der Waals surface area contributed by atoms with Gasteiger partial charge in [-0.3, -0.25) is 24.0 Å². The Morgan fingerprint density at radius 3 is 2.02 bits per heavy atom. The molecule has 0 heterocycles. The number of fused-ring (bicyclic) bond motifs is 1. The molecule has 0 aliphatic heterocycles. The first-order valence-corrected chi connectivity index (χ1v) is 14.3. The van der Waals surface area contributed by atoms with Crippen molar-refractivity contribution in [3.8, 4) is 0 Å². The highest BCUT2D eigenvalue weighted by Gasteiger charge is 2.65. The van der Waals surface area contributed by atoms with Crippen LogP contribution in [-0.4, -0.2) is 59.4 Å². The maximum atomic E-state index is 14.4. The molecule has 2 aliphatic rings. The third-order valence-corrected chi connectivity index (χ3v) is 7.99. The number of rotatable bonds is 5. The van der Waals surface area contributed by atoms with Crippen LogP contribution in [0.2, 0.25) is 0 Å². The molecule has 0 N–H and O–H groups in total. The van der Waals surface area contributed by atoms with Gasteiger partial charge in [0.05, 0.1) is 11.5 Å². The van der Waals surface area contributed by atoms with Gasteiger partial charge in [0.2, 0.25) is 0 Å². The largest absolute Gasteiger partial charge is 0.458 e. The fourth-order valence-electron chi connectivity index (χ4n) is 6.09. The Hall–Kier alpha value is -4.08. The lowest BCUT2D eigenvalue weighted by Gasteiger charge is -2.41. The van der Waals surface area contributed by atoms with E-state index in [0.717, 1.165) is 13.8 Å². The van der Waals surface area contributed by atoms with Gasteiger partial charge in [0.1, 0.15) is 12.2 Å². The Balaban J connectivity index is 2.29. The highest BCUT2D eigenvalue weighted by Crippen LogP contribution is 2.50. The zero-order valence-corrected chi connectivity index (χ0v) is 25.7. The summed E-state index contributed by atoms with van der Waals surface area (Å²) in [4.78, 5) is 78.5. The van der Waals surface area contributed by atoms with Crippen LogP contribution in [0.1, 0.15) is 71.7 Å². The van der Waals surface area contributed by atoms with Crippen molar-refractivity contribution in [1.29, 1.82) is 0 Å². The monoisotopic (exact) mass is 596 g/mol. The molecular weight excluding hydrogens is 556 g/mol. The number of ketones is 2. The van der Waals surface area contributed by atoms with Crippen LogP contribution in [0.15, 0.2) is 54.6 Å². The summed E-state index contributed by atoms with van der Waals surface area (Å²) in [6.07, 6.45) is -0.970. The van der Waals surface area contributed by atoms with Crippen LogP contribution in [0, 0.1) is 23.2 Å². The van der Waals surface area contributed by atoms with Crippen LogP contribution in [0.5, 0.6) is 0 Å². The van der Waals surface area contributed by atoms with Gasteiger partial charge >= 0.3 is 23.9 Å². The summed E-state index contributed by atoms with van der Waals surface area (Å²) in [5.41, 5.74) is -2.70. The second kappa shape index (κ2) is 13.1. The van der Waals surface area contributed by atoms with E-state index in [0.29, 0.717) is 0 Å². The van der Waals surface area contributed by atoms with Crippen molar-refractivity contribution in [3.05, 3.63) is 60.2 Å². The van der Waals surface area contributed by atoms with Crippen molar-refractivity contribution < 1.29 is 47.7 Å². The zero-order valence-electron chi connectivity index (χ0n) is 25.7. The average molecular weight is 597 g/mol. The number of allylic oxidation sites excluding steroid dienone is 2. The Labute approximate surface area is 251 Å². The lowest BCUT2D eigenvalue weighted by atomic mass is 9.73. The zero-order chi connectivity index (χ0) is 32.3. The Kier molecular flexibility index (Phi) is 10.1. The summed E-state index contributed by atoms with van der Waals surface area (Å²) in [5, 5.41) is 0. The number of carbonyl (C=O) groups is 6. The van der Waals surface area contributed by atoms with E-state index < -0.39 is 82.5 Å². The Bertz CT molecular complexity index is 1330. The van der Waals surface area contributed by atoms with Crippen molar-refractivity contribution in [2.45, 2.75) is 85.2 Å². The van der Waals surface area contributed by atoms with Gasteiger partial charge in [-0.25, -0.2) is 4.79 Å². The number of hydrogen-bond acceptors (Lipinski definition) is 10. The predicted molar refractivity (Wildman–Crippen MR) is 154 cm³/mol. The van der Waals surface area contributed by atoms with Crippen molar-refractivity contribution in [2.75, 3.05) is 0 Å². The maximum absolute atomic E-state index is 14.4. The predicted octanol–water partition coefficient (Wildman–Crippen LogP) is 4.35. The third kappa shape index (κ3) is 7.29. The molecule has 0 saturated heterocycles. The molecule has 2 aliphatic carbocycles. The minimum atomic E-state index is -1.90. The van der Waals surface area contributed by atoms with Gasteiger partial charge in [0.15, 0.2) is 23.3 Å².